The molecule has 1 aliphatic carbocycles. The Bertz CT molecular complexity index is 602. The second kappa shape index (κ2) is 5.72. The van der Waals surface area contributed by atoms with Crippen LogP contribution in [-0.2, 0) is 13.0 Å². The lowest BCUT2D eigenvalue weighted by atomic mass is 10.1. The topological polar surface area (TPSA) is 12.0 Å². The third-order valence-electron chi connectivity index (χ3n) is 3.41. The minimum atomic E-state index is 0.929. The summed E-state index contributed by atoms with van der Waals surface area (Å²) in [6, 6.07) is 17.0. The first-order chi connectivity index (χ1) is 9.31. The zero-order chi connectivity index (χ0) is 13.1. The van der Waals surface area contributed by atoms with E-state index in [1.807, 2.05) is 0 Å². The maximum Gasteiger partial charge on any atom is 0.0208 e. The van der Waals surface area contributed by atoms with Gasteiger partial charge in [-0.25, -0.2) is 0 Å². The Kier molecular flexibility index (Phi) is 3.81. The van der Waals surface area contributed by atoms with Crippen LogP contribution in [-0.4, -0.2) is 6.54 Å². The fraction of sp³-hybridized carbons (Fsp3) is 0.176. The number of halogens is 1. The molecule has 2 heteroatoms. The van der Waals surface area contributed by atoms with Gasteiger partial charge in [0.2, 0.25) is 0 Å². The summed E-state index contributed by atoms with van der Waals surface area (Å²) in [6.07, 6.45) is 3.37. The van der Waals surface area contributed by atoms with Crippen LogP contribution in [0.25, 0.3) is 6.08 Å². The Labute approximate surface area is 122 Å². The van der Waals surface area contributed by atoms with Gasteiger partial charge in [0.1, 0.15) is 0 Å². The quantitative estimate of drug-likeness (QED) is 0.893. The molecule has 0 heterocycles. The zero-order valence-electron chi connectivity index (χ0n) is 10.7. The van der Waals surface area contributed by atoms with E-state index in [-0.39, 0.29) is 0 Å². The Morgan fingerprint density at radius 3 is 2.68 bits per heavy atom. The van der Waals surface area contributed by atoms with E-state index in [9.17, 15) is 0 Å². The Hall–Kier alpha value is -1.38. The van der Waals surface area contributed by atoms with Crippen molar-refractivity contribution in [1.29, 1.82) is 0 Å². The maximum atomic E-state index is 3.53. The second-order valence-electron chi connectivity index (χ2n) is 4.91. The summed E-state index contributed by atoms with van der Waals surface area (Å²) in [6.45, 7) is 1.89. The molecule has 1 aliphatic rings. The third kappa shape index (κ3) is 3.14. The molecule has 0 amide bonds. The summed E-state index contributed by atoms with van der Waals surface area (Å²) in [5.74, 6) is 0. The van der Waals surface area contributed by atoms with Gasteiger partial charge in [-0.15, -0.1) is 0 Å². The van der Waals surface area contributed by atoms with E-state index in [1.165, 1.54) is 22.3 Å². The van der Waals surface area contributed by atoms with Crippen LogP contribution < -0.4 is 5.32 Å². The Morgan fingerprint density at radius 1 is 1.00 bits per heavy atom. The standard InChI is InChI=1S/C17H16BrN/c18-17-7-6-15-8-14(9-16(15)10-17)12-19-11-13-4-2-1-3-5-13/h1-8,10,19H,9,11-12H2. The molecule has 0 spiro atoms. The van der Waals surface area contributed by atoms with E-state index in [4.69, 9.17) is 0 Å². The first-order valence-electron chi connectivity index (χ1n) is 6.54. The highest BCUT2D eigenvalue weighted by Gasteiger charge is 2.12. The van der Waals surface area contributed by atoms with Gasteiger partial charge >= 0.3 is 0 Å². The molecule has 2 aromatic rings. The first-order valence-corrected chi connectivity index (χ1v) is 7.33. The number of fused-ring (bicyclic) bond motifs is 1. The molecule has 1 N–H and O–H groups in total. The molecule has 0 fully saturated rings. The molecule has 19 heavy (non-hydrogen) atoms. The highest BCUT2D eigenvalue weighted by atomic mass is 79.9. The van der Waals surface area contributed by atoms with Crippen molar-refractivity contribution < 1.29 is 0 Å². The van der Waals surface area contributed by atoms with E-state index in [1.54, 1.807) is 0 Å². The van der Waals surface area contributed by atoms with Crippen LogP contribution in [0.3, 0.4) is 0 Å². The predicted octanol–water partition coefficient (Wildman–Crippen LogP) is 4.18. The number of rotatable bonds is 4. The smallest absolute Gasteiger partial charge is 0.0208 e. The van der Waals surface area contributed by atoms with E-state index in [0.29, 0.717) is 0 Å². The van der Waals surface area contributed by atoms with Gasteiger partial charge in [-0.1, -0.05) is 64.0 Å². The molecular weight excluding hydrogens is 298 g/mol. The fourth-order valence-electron chi connectivity index (χ4n) is 2.46. The van der Waals surface area contributed by atoms with Gasteiger partial charge in [-0.05, 0) is 35.2 Å². The van der Waals surface area contributed by atoms with Crippen molar-refractivity contribution >= 4 is 22.0 Å². The Morgan fingerprint density at radius 2 is 1.84 bits per heavy atom. The van der Waals surface area contributed by atoms with Crippen LogP contribution >= 0.6 is 15.9 Å². The van der Waals surface area contributed by atoms with Crippen molar-refractivity contribution in [3.63, 3.8) is 0 Å². The number of benzene rings is 2. The van der Waals surface area contributed by atoms with Gasteiger partial charge in [0.15, 0.2) is 0 Å². The Balaban J connectivity index is 1.56. The number of nitrogens with one attached hydrogen (secondary N) is 1. The summed E-state index contributed by atoms with van der Waals surface area (Å²) in [5, 5.41) is 3.51. The van der Waals surface area contributed by atoms with Crippen LogP contribution in [0.2, 0.25) is 0 Å². The lowest BCUT2D eigenvalue weighted by Crippen LogP contribution is -2.16. The van der Waals surface area contributed by atoms with Crippen molar-refractivity contribution in [2.45, 2.75) is 13.0 Å². The van der Waals surface area contributed by atoms with E-state index in [2.05, 4.69) is 75.9 Å². The molecule has 0 saturated carbocycles. The molecule has 0 aliphatic heterocycles. The highest BCUT2D eigenvalue weighted by Crippen LogP contribution is 2.27. The third-order valence-corrected chi connectivity index (χ3v) is 3.90. The SMILES string of the molecule is Brc1ccc2c(c1)CC(CNCc1ccccc1)=C2. The monoisotopic (exact) mass is 313 g/mol. The lowest BCUT2D eigenvalue weighted by molar-refractivity contribution is 0.734. The summed E-state index contributed by atoms with van der Waals surface area (Å²) in [7, 11) is 0. The van der Waals surface area contributed by atoms with Crippen molar-refractivity contribution in [3.05, 3.63) is 75.3 Å². The van der Waals surface area contributed by atoms with Gasteiger partial charge in [-0.3, -0.25) is 0 Å². The average molecular weight is 314 g/mol. The molecule has 3 rings (SSSR count). The molecule has 96 valence electrons. The summed E-state index contributed by atoms with van der Waals surface area (Å²) >= 11 is 3.53. The molecule has 1 nitrogen and oxygen atoms in total. The van der Waals surface area contributed by atoms with Gasteiger partial charge in [0.25, 0.3) is 0 Å². The van der Waals surface area contributed by atoms with Crippen LogP contribution in [0.1, 0.15) is 16.7 Å². The van der Waals surface area contributed by atoms with Gasteiger partial charge in [0.05, 0.1) is 0 Å². The largest absolute Gasteiger partial charge is 0.309 e. The molecule has 0 aromatic heterocycles. The molecule has 2 aromatic carbocycles. The zero-order valence-corrected chi connectivity index (χ0v) is 12.3. The fourth-order valence-corrected chi connectivity index (χ4v) is 2.87. The molecule has 0 unspecified atom stereocenters. The predicted molar refractivity (Wildman–Crippen MR) is 84.0 cm³/mol. The van der Waals surface area contributed by atoms with Crippen LogP contribution in [0.4, 0.5) is 0 Å². The van der Waals surface area contributed by atoms with E-state index in [0.717, 1.165) is 24.0 Å². The molecular formula is C17H16BrN. The van der Waals surface area contributed by atoms with Gasteiger partial charge in [0, 0.05) is 17.6 Å². The van der Waals surface area contributed by atoms with E-state index >= 15 is 0 Å². The summed E-state index contributed by atoms with van der Waals surface area (Å²) < 4.78 is 1.16. The summed E-state index contributed by atoms with van der Waals surface area (Å²) in [4.78, 5) is 0. The van der Waals surface area contributed by atoms with Gasteiger partial charge < -0.3 is 5.32 Å². The number of hydrogen-bond acceptors (Lipinski definition) is 1. The molecule has 0 saturated heterocycles. The van der Waals surface area contributed by atoms with Crippen molar-refractivity contribution in [3.8, 4) is 0 Å². The minimum absolute atomic E-state index is 0.929. The van der Waals surface area contributed by atoms with E-state index < -0.39 is 0 Å². The average Bonchev–Trinajstić information content (AvgIpc) is 2.82. The van der Waals surface area contributed by atoms with Crippen LogP contribution in [0.5, 0.6) is 0 Å². The summed E-state index contributed by atoms with van der Waals surface area (Å²) in [5.41, 5.74) is 5.58. The van der Waals surface area contributed by atoms with Gasteiger partial charge in [-0.2, -0.15) is 0 Å². The maximum absolute atomic E-state index is 3.53. The minimum Gasteiger partial charge on any atom is -0.309 e. The first kappa shape index (κ1) is 12.6. The number of hydrogen-bond donors (Lipinski definition) is 1. The molecule has 0 radical (unpaired) electrons. The highest BCUT2D eigenvalue weighted by molar-refractivity contribution is 9.10. The normalized spacial score (nSPS) is 13.2. The lowest BCUT2D eigenvalue weighted by Gasteiger charge is -2.05. The second-order valence-corrected chi connectivity index (χ2v) is 5.83. The van der Waals surface area contributed by atoms with Crippen LogP contribution in [0.15, 0.2) is 58.6 Å². The van der Waals surface area contributed by atoms with Crippen LogP contribution in [0, 0.1) is 0 Å². The molecule has 0 bridgehead atoms. The van der Waals surface area contributed by atoms with Crippen molar-refractivity contribution in [2.24, 2.45) is 0 Å². The molecule has 0 atom stereocenters. The van der Waals surface area contributed by atoms with Crippen molar-refractivity contribution in [2.75, 3.05) is 6.54 Å². The van der Waals surface area contributed by atoms with Crippen molar-refractivity contribution in [1.82, 2.24) is 5.32 Å².